The number of carbonyl (C=O) groups excluding carboxylic acids is 1. The van der Waals surface area contributed by atoms with E-state index in [4.69, 9.17) is 5.73 Å². The van der Waals surface area contributed by atoms with E-state index >= 15 is 0 Å². The second kappa shape index (κ2) is 6.23. The molecular formula is C15H19N3OS2. The smallest absolute Gasteiger partial charge is 0.263 e. The number of thiophene rings is 1. The van der Waals surface area contributed by atoms with Crippen LogP contribution in [0.1, 0.15) is 35.4 Å². The van der Waals surface area contributed by atoms with Crippen LogP contribution < -0.4 is 11.1 Å². The van der Waals surface area contributed by atoms with E-state index in [0.717, 1.165) is 16.6 Å². The molecule has 0 spiro atoms. The lowest BCUT2D eigenvalue weighted by Gasteiger charge is -2.30. The summed E-state index contributed by atoms with van der Waals surface area (Å²) >= 11 is 3.27. The van der Waals surface area contributed by atoms with Gasteiger partial charge in [0.2, 0.25) is 0 Å². The Morgan fingerprint density at radius 2 is 2.29 bits per heavy atom. The van der Waals surface area contributed by atoms with Crippen molar-refractivity contribution in [2.24, 2.45) is 0 Å². The minimum Gasteiger partial charge on any atom is -0.396 e. The molecule has 0 radical (unpaired) electrons. The molecule has 3 N–H and O–H groups in total. The van der Waals surface area contributed by atoms with Gasteiger partial charge in [0.25, 0.3) is 5.91 Å². The molecule has 0 aromatic carbocycles. The second-order valence-electron chi connectivity index (χ2n) is 5.33. The van der Waals surface area contributed by atoms with E-state index < -0.39 is 0 Å². The summed E-state index contributed by atoms with van der Waals surface area (Å²) in [5, 5.41) is 3.69. The standard InChI is InChI=1S/C15H19N3OS2/c1-20-10-6-3-2-5-9(10)18-15(19)14-12(16)13-11(21-14)7-4-8-17-13/h4,7-10H,2-3,5-6,16H2,1H3,(H,18,19). The zero-order valence-electron chi connectivity index (χ0n) is 12.0. The van der Waals surface area contributed by atoms with Crippen molar-refractivity contribution in [1.82, 2.24) is 10.3 Å². The number of aromatic nitrogens is 1. The molecule has 2 heterocycles. The van der Waals surface area contributed by atoms with E-state index in [1.807, 2.05) is 23.9 Å². The van der Waals surface area contributed by atoms with Crippen molar-refractivity contribution < 1.29 is 4.79 Å². The Hall–Kier alpha value is -1.27. The maximum absolute atomic E-state index is 12.5. The van der Waals surface area contributed by atoms with Crippen LogP contribution in [-0.4, -0.2) is 28.4 Å². The van der Waals surface area contributed by atoms with Gasteiger partial charge in [0.15, 0.2) is 0 Å². The summed E-state index contributed by atoms with van der Waals surface area (Å²) in [6.07, 6.45) is 8.50. The number of pyridine rings is 1. The third kappa shape index (κ3) is 2.87. The number of fused-ring (bicyclic) bond motifs is 1. The number of carbonyl (C=O) groups is 1. The van der Waals surface area contributed by atoms with E-state index in [2.05, 4.69) is 16.6 Å². The number of nitrogens with two attached hydrogens (primary N) is 1. The van der Waals surface area contributed by atoms with Crippen LogP contribution in [0.3, 0.4) is 0 Å². The van der Waals surface area contributed by atoms with Crippen LogP contribution >= 0.6 is 23.1 Å². The Morgan fingerprint density at radius 3 is 3.05 bits per heavy atom. The zero-order chi connectivity index (χ0) is 14.8. The normalized spacial score (nSPS) is 22.3. The highest BCUT2D eigenvalue weighted by atomic mass is 32.2. The minimum atomic E-state index is -0.0542. The van der Waals surface area contributed by atoms with Crippen molar-refractivity contribution in [3.8, 4) is 0 Å². The molecule has 2 atom stereocenters. The fraction of sp³-hybridized carbons (Fsp3) is 0.467. The van der Waals surface area contributed by atoms with Crippen molar-refractivity contribution in [1.29, 1.82) is 0 Å². The molecule has 1 aliphatic carbocycles. The van der Waals surface area contributed by atoms with Gasteiger partial charge in [-0.3, -0.25) is 9.78 Å². The van der Waals surface area contributed by atoms with Crippen LogP contribution in [0.5, 0.6) is 0 Å². The highest BCUT2D eigenvalue weighted by Crippen LogP contribution is 2.33. The van der Waals surface area contributed by atoms with E-state index in [1.165, 1.54) is 30.6 Å². The quantitative estimate of drug-likeness (QED) is 0.910. The molecule has 1 fully saturated rings. The predicted octanol–water partition coefficient (Wildman–Crippen LogP) is 3.28. The number of amides is 1. The van der Waals surface area contributed by atoms with Gasteiger partial charge in [-0.05, 0) is 31.2 Å². The molecule has 1 saturated carbocycles. The fourth-order valence-electron chi connectivity index (χ4n) is 2.89. The molecule has 21 heavy (non-hydrogen) atoms. The van der Waals surface area contributed by atoms with Gasteiger partial charge in [-0.25, -0.2) is 0 Å². The predicted molar refractivity (Wildman–Crippen MR) is 91.1 cm³/mol. The summed E-state index contributed by atoms with van der Waals surface area (Å²) in [6.45, 7) is 0. The first-order valence-corrected chi connectivity index (χ1v) is 9.28. The average molecular weight is 321 g/mol. The van der Waals surface area contributed by atoms with Gasteiger partial charge in [-0.2, -0.15) is 11.8 Å². The molecule has 1 aliphatic rings. The van der Waals surface area contributed by atoms with Crippen LogP contribution in [0.15, 0.2) is 18.3 Å². The summed E-state index contributed by atoms with van der Waals surface area (Å²) < 4.78 is 0.963. The molecule has 6 heteroatoms. The Morgan fingerprint density at radius 1 is 1.48 bits per heavy atom. The van der Waals surface area contributed by atoms with Crippen LogP contribution in [0.25, 0.3) is 10.2 Å². The van der Waals surface area contributed by atoms with Gasteiger partial charge in [0.05, 0.1) is 10.4 Å². The molecule has 2 aromatic rings. The first-order valence-electron chi connectivity index (χ1n) is 7.17. The summed E-state index contributed by atoms with van der Waals surface area (Å²) in [4.78, 5) is 17.4. The number of nitrogens with zero attached hydrogens (tertiary/aromatic N) is 1. The molecule has 0 aliphatic heterocycles. The summed E-state index contributed by atoms with van der Waals surface area (Å²) in [5.41, 5.74) is 7.33. The molecule has 4 nitrogen and oxygen atoms in total. The maximum Gasteiger partial charge on any atom is 0.263 e. The summed E-state index contributed by atoms with van der Waals surface area (Å²) in [6, 6.07) is 4.06. The first-order chi connectivity index (χ1) is 10.2. The molecule has 2 aromatic heterocycles. The molecule has 1 amide bonds. The largest absolute Gasteiger partial charge is 0.396 e. The monoisotopic (exact) mass is 321 g/mol. The minimum absolute atomic E-state index is 0.0542. The molecule has 2 unspecified atom stereocenters. The Labute approximate surface area is 132 Å². The number of rotatable bonds is 3. The third-order valence-corrected chi connectivity index (χ3v) is 6.34. The SMILES string of the molecule is CSC1CCCCC1NC(=O)c1sc2cccnc2c1N. The Balaban J connectivity index is 1.82. The van der Waals surface area contributed by atoms with Crippen molar-refractivity contribution in [2.45, 2.75) is 37.0 Å². The van der Waals surface area contributed by atoms with Gasteiger partial charge < -0.3 is 11.1 Å². The van der Waals surface area contributed by atoms with E-state index in [1.54, 1.807) is 6.20 Å². The van der Waals surface area contributed by atoms with Crippen LogP contribution in [0, 0.1) is 0 Å². The maximum atomic E-state index is 12.5. The topological polar surface area (TPSA) is 68.0 Å². The fourth-order valence-corrected chi connectivity index (χ4v) is 4.81. The van der Waals surface area contributed by atoms with Gasteiger partial charge in [-0.1, -0.05) is 12.8 Å². The van der Waals surface area contributed by atoms with Crippen LogP contribution in [0.2, 0.25) is 0 Å². The van der Waals surface area contributed by atoms with Crippen molar-refractivity contribution in [2.75, 3.05) is 12.0 Å². The number of nitrogen functional groups attached to an aromatic ring is 1. The number of thioether (sulfide) groups is 1. The summed E-state index contributed by atoms with van der Waals surface area (Å²) in [7, 11) is 0. The van der Waals surface area contributed by atoms with E-state index in [9.17, 15) is 4.79 Å². The van der Waals surface area contributed by atoms with Gasteiger partial charge in [0.1, 0.15) is 10.4 Å². The average Bonchev–Trinajstić information content (AvgIpc) is 2.85. The molecule has 0 saturated heterocycles. The van der Waals surface area contributed by atoms with Crippen molar-refractivity contribution in [3.05, 3.63) is 23.2 Å². The molecular weight excluding hydrogens is 302 g/mol. The van der Waals surface area contributed by atoms with Gasteiger partial charge in [-0.15, -0.1) is 11.3 Å². The Bertz CT molecular complexity index is 655. The van der Waals surface area contributed by atoms with E-state index in [0.29, 0.717) is 15.8 Å². The first kappa shape index (κ1) is 14.7. The highest BCUT2D eigenvalue weighted by molar-refractivity contribution is 7.99. The number of hydrogen-bond acceptors (Lipinski definition) is 5. The number of nitrogens with one attached hydrogen (secondary N) is 1. The van der Waals surface area contributed by atoms with Gasteiger partial charge >= 0.3 is 0 Å². The van der Waals surface area contributed by atoms with Crippen LogP contribution in [-0.2, 0) is 0 Å². The zero-order valence-corrected chi connectivity index (χ0v) is 13.6. The summed E-state index contributed by atoms with van der Waals surface area (Å²) in [5.74, 6) is -0.0542. The van der Waals surface area contributed by atoms with E-state index in [-0.39, 0.29) is 11.9 Å². The highest BCUT2D eigenvalue weighted by Gasteiger charge is 2.27. The lowest BCUT2D eigenvalue weighted by atomic mass is 9.95. The molecule has 3 rings (SSSR count). The number of anilines is 1. The lowest BCUT2D eigenvalue weighted by Crippen LogP contribution is -2.43. The van der Waals surface area contributed by atoms with Gasteiger partial charge in [0, 0.05) is 17.5 Å². The second-order valence-corrected chi connectivity index (χ2v) is 7.46. The third-order valence-electron chi connectivity index (χ3n) is 4.01. The lowest BCUT2D eigenvalue weighted by molar-refractivity contribution is 0.0934. The van der Waals surface area contributed by atoms with Crippen LogP contribution in [0.4, 0.5) is 5.69 Å². The molecule has 112 valence electrons. The number of hydrogen-bond donors (Lipinski definition) is 2. The Kier molecular flexibility index (Phi) is 4.35. The molecule has 0 bridgehead atoms. The van der Waals surface area contributed by atoms with Crippen molar-refractivity contribution in [3.63, 3.8) is 0 Å². The van der Waals surface area contributed by atoms with Crippen molar-refractivity contribution >= 4 is 44.9 Å².